The van der Waals surface area contributed by atoms with Gasteiger partial charge in [-0.3, -0.25) is 0 Å². The van der Waals surface area contributed by atoms with Gasteiger partial charge in [0, 0.05) is 6.04 Å². The average Bonchev–Trinajstić information content (AvgIpc) is 2.43. The monoisotopic (exact) mass is 273 g/mol. The third-order valence-corrected chi connectivity index (χ3v) is 3.19. The first-order valence-electron chi connectivity index (χ1n) is 6.85. The summed E-state index contributed by atoms with van der Waals surface area (Å²) < 4.78 is 19.2. The Hall–Kier alpha value is -2.03. The zero-order valence-electron chi connectivity index (χ0n) is 12.1. The normalized spacial score (nSPS) is 12.0. The van der Waals surface area contributed by atoms with Gasteiger partial charge in [-0.15, -0.1) is 0 Å². The average molecular weight is 273 g/mol. The molecule has 1 atom stereocenters. The summed E-state index contributed by atoms with van der Waals surface area (Å²) in [5, 5.41) is 3.19. The van der Waals surface area contributed by atoms with Gasteiger partial charge in [-0.2, -0.15) is 0 Å². The first kappa shape index (κ1) is 14.4. The van der Waals surface area contributed by atoms with Crippen molar-refractivity contribution < 1.29 is 9.13 Å². The molecule has 0 saturated heterocycles. The summed E-state index contributed by atoms with van der Waals surface area (Å²) in [4.78, 5) is 0. The molecule has 1 N–H and O–H groups in total. The smallest absolute Gasteiger partial charge is 0.146 e. The molecule has 0 saturated carbocycles. The summed E-state index contributed by atoms with van der Waals surface area (Å²) in [5.74, 6) is 0.632. The number of halogens is 1. The van der Waals surface area contributed by atoms with Crippen LogP contribution in [0.5, 0.6) is 5.75 Å². The van der Waals surface area contributed by atoms with Crippen LogP contribution < -0.4 is 10.1 Å². The predicted octanol–water partition coefficient (Wildman–Crippen LogP) is 4.71. The number of aryl methyl sites for hydroxylation is 1. The lowest BCUT2D eigenvalue weighted by molar-refractivity contribution is 0.340. The number of nitrogens with one attached hydrogen (secondary N) is 1. The van der Waals surface area contributed by atoms with Crippen molar-refractivity contribution in [3.05, 3.63) is 59.4 Å². The second-order valence-corrected chi connectivity index (χ2v) is 4.85. The maximum Gasteiger partial charge on any atom is 0.146 e. The van der Waals surface area contributed by atoms with Crippen molar-refractivity contribution in [3.63, 3.8) is 0 Å². The number of hydrogen-bond donors (Lipinski definition) is 1. The molecule has 0 fully saturated rings. The molecule has 0 aromatic heterocycles. The summed E-state index contributed by atoms with van der Waals surface area (Å²) in [6, 6.07) is 13.1. The highest BCUT2D eigenvalue weighted by atomic mass is 19.1. The number of rotatable bonds is 5. The zero-order chi connectivity index (χ0) is 14.5. The van der Waals surface area contributed by atoms with E-state index >= 15 is 0 Å². The molecule has 0 aliphatic heterocycles. The second kappa shape index (κ2) is 6.42. The summed E-state index contributed by atoms with van der Waals surface area (Å²) in [6.45, 7) is 6.50. The minimum Gasteiger partial charge on any atom is -0.494 e. The molecular weight excluding hydrogens is 253 g/mol. The van der Waals surface area contributed by atoms with Crippen molar-refractivity contribution in [3.8, 4) is 5.75 Å². The largest absolute Gasteiger partial charge is 0.494 e. The Morgan fingerprint density at radius 2 is 1.85 bits per heavy atom. The van der Waals surface area contributed by atoms with Gasteiger partial charge < -0.3 is 10.1 Å². The number of hydrogen-bond acceptors (Lipinski definition) is 2. The van der Waals surface area contributed by atoms with Gasteiger partial charge in [0.2, 0.25) is 0 Å². The summed E-state index contributed by atoms with van der Waals surface area (Å²) in [7, 11) is 0. The van der Waals surface area contributed by atoms with E-state index in [4.69, 9.17) is 4.74 Å². The molecule has 2 nitrogen and oxygen atoms in total. The first-order valence-corrected chi connectivity index (χ1v) is 6.85. The first-order chi connectivity index (χ1) is 9.60. The SMILES string of the molecule is CCOc1ccc(C(C)Nc2ccc(C)cc2F)cc1. The van der Waals surface area contributed by atoms with Gasteiger partial charge in [-0.25, -0.2) is 4.39 Å². The molecule has 0 aliphatic rings. The van der Waals surface area contributed by atoms with Gasteiger partial charge in [0.15, 0.2) is 0 Å². The quantitative estimate of drug-likeness (QED) is 0.852. The van der Waals surface area contributed by atoms with Crippen LogP contribution in [0.1, 0.15) is 31.0 Å². The van der Waals surface area contributed by atoms with Crippen LogP contribution in [-0.4, -0.2) is 6.61 Å². The van der Waals surface area contributed by atoms with Crippen molar-refractivity contribution in [1.29, 1.82) is 0 Å². The van der Waals surface area contributed by atoms with Gasteiger partial charge in [-0.05, 0) is 56.2 Å². The van der Waals surface area contributed by atoms with Gasteiger partial charge in [0.25, 0.3) is 0 Å². The Morgan fingerprint density at radius 3 is 2.45 bits per heavy atom. The molecule has 1 unspecified atom stereocenters. The highest BCUT2D eigenvalue weighted by Crippen LogP contribution is 2.24. The Morgan fingerprint density at radius 1 is 1.15 bits per heavy atom. The van der Waals surface area contributed by atoms with Crippen LogP contribution in [0.25, 0.3) is 0 Å². The third kappa shape index (κ3) is 3.50. The third-order valence-electron chi connectivity index (χ3n) is 3.19. The van der Waals surface area contributed by atoms with Gasteiger partial charge in [0.1, 0.15) is 11.6 Å². The van der Waals surface area contributed by atoms with Gasteiger partial charge >= 0.3 is 0 Å². The summed E-state index contributed by atoms with van der Waals surface area (Å²) in [6.07, 6.45) is 0. The highest BCUT2D eigenvalue weighted by molar-refractivity contribution is 5.48. The Kier molecular flexibility index (Phi) is 4.61. The van der Waals surface area contributed by atoms with E-state index in [9.17, 15) is 4.39 Å². The van der Waals surface area contributed by atoms with E-state index in [0.717, 1.165) is 16.9 Å². The van der Waals surface area contributed by atoms with Crippen molar-refractivity contribution in [2.24, 2.45) is 0 Å². The number of anilines is 1. The Labute approximate surface area is 119 Å². The van der Waals surface area contributed by atoms with Crippen LogP contribution >= 0.6 is 0 Å². The number of ether oxygens (including phenoxy) is 1. The molecule has 0 aliphatic carbocycles. The van der Waals surface area contributed by atoms with Crippen molar-refractivity contribution in [2.75, 3.05) is 11.9 Å². The second-order valence-electron chi connectivity index (χ2n) is 4.85. The fourth-order valence-electron chi connectivity index (χ4n) is 2.07. The van der Waals surface area contributed by atoms with Crippen LogP contribution in [0.4, 0.5) is 10.1 Å². The molecule has 0 bridgehead atoms. The molecule has 2 rings (SSSR count). The molecule has 0 heterocycles. The van der Waals surface area contributed by atoms with E-state index in [-0.39, 0.29) is 11.9 Å². The van der Waals surface area contributed by atoms with Crippen LogP contribution in [-0.2, 0) is 0 Å². The van der Waals surface area contributed by atoms with E-state index in [2.05, 4.69) is 5.32 Å². The molecule has 2 aromatic rings. The van der Waals surface area contributed by atoms with Gasteiger partial charge in [0.05, 0.1) is 12.3 Å². The molecule has 2 aromatic carbocycles. The van der Waals surface area contributed by atoms with Crippen LogP contribution in [0.2, 0.25) is 0 Å². The van der Waals surface area contributed by atoms with Crippen LogP contribution in [0, 0.1) is 12.7 Å². The fourth-order valence-corrected chi connectivity index (χ4v) is 2.07. The summed E-state index contributed by atoms with van der Waals surface area (Å²) >= 11 is 0. The van der Waals surface area contributed by atoms with Crippen LogP contribution in [0.15, 0.2) is 42.5 Å². The van der Waals surface area contributed by atoms with E-state index in [1.165, 1.54) is 6.07 Å². The molecule has 106 valence electrons. The minimum atomic E-state index is -0.220. The van der Waals surface area contributed by atoms with Crippen molar-refractivity contribution in [2.45, 2.75) is 26.8 Å². The van der Waals surface area contributed by atoms with Gasteiger partial charge in [-0.1, -0.05) is 18.2 Å². The van der Waals surface area contributed by atoms with E-state index in [1.54, 1.807) is 6.07 Å². The molecule has 0 spiro atoms. The summed E-state index contributed by atoms with van der Waals surface area (Å²) in [5.41, 5.74) is 2.53. The molecule has 0 amide bonds. The predicted molar refractivity (Wildman–Crippen MR) is 80.8 cm³/mol. The van der Waals surface area contributed by atoms with Crippen LogP contribution in [0.3, 0.4) is 0 Å². The fraction of sp³-hybridized carbons (Fsp3) is 0.294. The number of benzene rings is 2. The van der Waals surface area contributed by atoms with E-state index in [0.29, 0.717) is 12.3 Å². The van der Waals surface area contributed by atoms with Crippen molar-refractivity contribution in [1.82, 2.24) is 0 Å². The minimum absolute atomic E-state index is 0.0304. The molecular formula is C17H20FNO. The lowest BCUT2D eigenvalue weighted by Gasteiger charge is -2.17. The highest BCUT2D eigenvalue weighted by Gasteiger charge is 2.08. The maximum absolute atomic E-state index is 13.8. The lowest BCUT2D eigenvalue weighted by atomic mass is 10.1. The Balaban J connectivity index is 2.09. The standard InChI is InChI=1S/C17H20FNO/c1-4-20-15-8-6-14(7-9-15)13(3)19-17-10-5-12(2)11-16(17)18/h5-11,13,19H,4H2,1-3H3. The molecule has 0 radical (unpaired) electrons. The van der Waals surface area contributed by atoms with Crippen molar-refractivity contribution >= 4 is 5.69 Å². The zero-order valence-corrected chi connectivity index (χ0v) is 12.1. The molecule has 3 heteroatoms. The van der Waals surface area contributed by atoms with E-state index in [1.807, 2.05) is 51.1 Å². The van der Waals surface area contributed by atoms with E-state index < -0.39 is 0 Å². The maximum atomic E-state index is 13.8. The topological polar surface area (TPSA) is 21.3 Å². The lowest BCUT2D eigenvalue weighted by Crippen LogP contribution is -2.08. The Bertz CT molecular complexity index is 566. The molecule has 20 heavy (non-hydrogen) atoms.